The summed E-state index contributed by atoms with van der Waals surface area (Å²) in [6.07, 6.45) is 0. The molecule has 0 bridgehead atoms. The number of hydrogen-bond donors (Lipinski definition) is 1. The van der Waals surface area contributed by atoms with Crippen molar-refractivity contribution in [1.29, 1.82) is 0 Å². The lowest BCUT2D eigenvalue weighted by atomic mass is 9.84. The fourth-order valence-electron chi connectivity index (χ4n) is 2.57. The number of nitrogens with one attached hydrogen (secondary N) is 1. The third-order valence-corrected chi connectivity index (χ3v) is 3.51. The number of benzene rings is 1. The molecule has 1 aromatic rings. The van der Waals surface area contributed by atoms with Gasteiger partial charge in [-0.05, 0) is 36.6 Å². The molecule has 1 unspecified atom stereocenters. The highest BCUT2D eigenvalue weighted by Gasteiger charge is 2.33. The van der Waals surface area contributed by atoms with Gasteiger partial charge >= 0.3 is 0 Å². The van der Waals surface area contributed by atoms with Gasteiger partial charge in [-0.25, -0.2) is 0 Å². The maximum atomic E-state index is 3.44. The predicted molar refractivity (Wildman–Crippen MR) is 74.5 cm³/mol. The molecule has 1 atom stereocenters. The van der Waals surface area contributed by atoms with Gasteiger partial charge in [-0.2, -0.15) is 0 Å². The topological polar surface area (TPSA) is 15.3 Å². The van der Waals surface area contributed by atoms with Gasteiger partial charge in [0, 0.05) is 24.8 Å². The van der Waals surface area contributed by atoms with Crippen LogP contribution in [0.2, 0.25) is 0 Å². The van der Waals surface area contributed by atoms with E-state index in [1.807, 2.05) is 0 Å². The minimum atomic E-state index is 0.446. The molecule has 0 amide bonds. The van der Waals surface area contributed by atoms with E-state index >= 15 is 0 Å². The van der Waals surface area contributed by atoms with Crippen molar-refractivity contribution in [3.05, 3.63) is 29.8 Å². The summed E-state index contributed by atoms with van der Waals surface area (Å²) in [7, 11) is 0. The first-order chi connectivity index (χ1) is 8.02. The van der Waals surface area contributed by atoms with Crippen molar-refractivity contribution in [2.45, 2.75) is 33.7 Å². The van der Waals surface area contributed by atoms with Crippen molar-refractivity contribution < 1.29 is 0 Å². The average Bonchev–Trinajstić information content (AvgIpc) is 2.26. The minimum absolute atomic E-state index is 0.446. The Balaban J connectivity index is 1.99. The molecular formula is C15H24N2. The van der Waals surface area contributed by atoms with E-state index in [0.29, 0.717) is 11.5 Å². The van der Waals surface area contributed by atoms with E-state index in [9.17, 15) is 0 Å². The Labute approximate surface area is 105 Å². The van der Waals surface area contributed by atoms with Crippen LogP contribution in [0, 0.1) is 5.41 Å². The van der Waals surface area contributed by atoms with E-state index in [2.05, 4.69) is 62.2 Å². The van der Waals surface area contributed by atoms with Crippen LogP contribution in [0.1, 0.15) is 39.3 Å². The van der Waals surface area contributed by atoms with Crippen molar-refractivity contribution in [3.8, 4) is 0 Å². The number of nitrogens with zero attached hydrogens (tertiary/aromatic N) is 1. The van der Waals surface area contributed by atoms with Crippen LogP contribution in [-0.4, -0.2) is 19.6 Å². The molecule has 17 heavy (non-hydrogen) atoms. The van der Waals surface area contributed by atoms with Gasteiger partial charge in [-0.3, -0.25) is 0 Å². The van der Waals surface area contributed by atoms with Gasteiger partial charge in [0.25, 0.3) is 0 Å². The predicted octanol–water partition coefficient (Wildman–Crippen LogP) is 3.20. The molecule has 1 heterocycles. The molecule has 2 nitrogen and oxygen atoms in total. The summed E-state index contributed by atoms with van der Waals surface area (Å²) in [6, 6.07) is 9.43. The van der Waals surface area contributed by atoms with Crippen LogP contribution >= 0.6 is 0 Å². The molecular weight excluding hydrogens is 208 g/mol. The fourth-order valence-corrected chi connectivity index (χ4v) is 2.57. The molecule has 1 aliphatic heterocycles. The highest BCUT2D eigenvalue weighted by molar-refractivity contribution is 5.50. The van der Waals surface area contributed by atoms with Gasteiger partial charge < -0.3 is 10.2 Å². The van der Waals surface area contributed by atoms with Crippen LogP contribution in [0.4, 0.5) is 5.69 Å². The summed E-state index contributed by atoms with van der Waals surface area (Å²) in [4.78, 5) is 2.45. The Morgan fingerprint density at radius 3 is 2.29 bits per heavy atom. The van der Waals surface area contributed by atoms with Crippen LogP contribution in [0.5, 0.6) is 0 Å². The largest absolute Gasteiger partial charge is 0.370 e. The standard InChI is InChI=1S/C15H24N2/c1-5-16-12(2)13-6-8-14(9-7-13)17-10-15(3,4)11-17/h6-9,12,16H,5,10-11H2,1-4H3. The second-order valence-corrected chi connectivity index (χ2v) is 5.89. The zero-order valence-corrected chi connectivity index (χ0v) is 11.5. The van der Waals surface area contributed by atoms with Gasteiger partial charge in [0.1, 0.15) is 0 Å². The van der Waals surface area contributed by atoms with Crippen LogP contribution in [0.25, 0.3) is 0 Å². The van der Waals surface area contributed by atoms with Crippen molar-refractivity contribution >= 4 is 5.69 Å². The number of anilines is 1. The minimum Gasteiger partial charge on any atom is -0.370 e. The van der Waals surface area contributed by atoms with Crippen LogP contribution in [0.15, 0.2) is 24.3 Å². The van der Waals surface area contributed by atoms with Gasteiger partial charge in [0.05, 0.1) is 0 Å². The Morgan fingerprint density at radius 2 is 1.82 bits per heavy atom. The maximum Gasteiger partial charge on any atom is 0.0366 e. The molecule has 0 spiro atoms. The van der Waals surface area contributed by atoms with Crippen molar-refractivity contribution in [2.24, 2.45) is 5.41 Å². The Kier molecular flexibility index (Phi) is 3.43. The third kappa shape index (κ3) is 2.81. The molecule has 2 rings (SSSR count). The first-order valence-corrected chi connectivity index (χ1v) is 6.60. The Bertz CT molecular complexity index is 359. The molecule has 1 N–H and O–H groups in total. The first kappa shape index (κ1) is 12.4. The first-order valence-electron chi connectivity index (χ1n) is 6.60. The average molecular weight is 232 g/mol. The molecule has 94 valence electrons. The van der Waals surface area contributed by atoms with Gasteiger partial charge in [-0.15, -0.1) is 0 Å². The highest BCUT2D eigenvalue weighted by atomic mass is 15.2. The summed E-state index contributed by atoms with van der Waals surface area (Å²) in [6.45, 7) is 12.4. The maximum absolute atomic E-state index is 3.44. The Morgan fingerprint density at radius 1 is 1.24 bits per heavy atom. The van der Waals surface area contributed by atoms with Crippen molar-refractivity contribution in [3.63, 3.8) is 0 Å². The van der Waals surface area contributed by atoms with Gasteiger partial charge in [0.15, 0.2) is 0 Å². The van der Waals surface area contributed by atoms with E-state index < -0.39 is 0 Å². The van der Waals surface area contributed by atoms with Crippen molar-refractivity contribution in [2.75, 3.05) is 24.5 Å². The second kappa shape index (κ2) is 4.69. The zero-order chi connectivity index (χ0) is 12.5. The molecule has 2 heteroatoms. The van der Waals surface area contributed by atoms with E-state index in [1.165, 1.54) is 24.3 Å². The molecule has 1 fully saturated rings. The lowest BCUT2D eigenvalue weighted by Crippen LogP contribution is -2.53. The van der Waals surface area contributed by atoms with E-state index in [4.69, 9.17) is 0 Å². The lowest BCUT2D eigenvalue weighted by Gasteiger charge is -2.47. The van der Waals surface area contributed by atoms with Crippen molar-refractivity contribution in [1.82, 2.24) is 5.32 Å². The van der Waals surface area contributed by atoms with E-state index in [-0.39, 0.29) is 0 Å². The third-order valence-electron chi connectivity index (χ3n) is 3.51. The van der Waals surface area contributed by atoms with Crippen LogP contribution in [-0.2, 0) is 0 Å². The van der Waals surface area contributed by atoms with E-state index in [0.717, 1.165) is 6.54 Å². The normalized spacial score (nSPS) is 19.9. The summed E-state index contributed by atoms with van der Waals surface area (Å²) < 4.78 is 0. The molecule has 1 aromatic carbocycles. The Hall–Kier alpha value is -1.02. The van der Waals surface area contributed by atoms with Crippen LogP contribution in [0.3, 0.4) is 0 Å². The van der Waals surface area contributed by atoms with Gasteiger partial charge in [0.2, 0.25) is 0 Å². The number of rotatable bonds is 4. The van der Waals surface area contributed by atoms with Gasteiger partial charge in [-0.1, -0.05) is 32.9 Å². The SMILES string of the molecule is CCNC(C)c1ccc(N2CC(C)(C)C2)cc1. The smallest absolute Gasteiger partial charge is 0.0366 e. The second-order valence-electron chi connectivity index (χ2n) is 5.89. The monoisotopic (exact) mass is 232 g/mol. The molecule has 1 saturated heterocycles. The van der Waals surface area contributed by atoms with Crippen LogP contribution < -0.4 is 10.2 Å². The van der Waals surface area contributed by atoms with E-state index in [1.54, 1.807) is 0 Å². The molecule has 0 radical (unpaired) electrons. The zero-order valence-electron chi connectivity index (χ0n) is 11.5. The summed E-state index contributed by atoms with van der Waals surface area (Å²) in [5, 5.41) is 3.44. The molecule has 0 aromatic heterocycles. The summed E-state index contributed by atoms with van der Waals surface area (Å²) in [5.74, 6) is 0. The molecule has 0 saturated carbocycles. The summed E-state index contributed by atoms with van der Waals surface area (Å²) >= 11 is 0. The fraction of sp³-hybridized carbons (Fsp3) is 0.600. The highest BCUT2D eigenvalue weighted by Crippen LogP contribution is 2.33. The lowest BCUT2D eigenvalue weighted by molar-refractivity contribution is 0.276. The molecule has 1 aliphatic rings. The summed E-state index contributed by atoms with van der Waals surface area (Å²) in [5.41, 5.74) is 3.22. The molecule has 0 aliphatic carbocycles. The number of hydrogen-bond acceptors (Lipinski definition) is 2. The quantitative estimate of drug-likeness (QED) is 0.857.